The highest BCUT2D eigenvalue weighted by molar-refractivity contribution is 7.13. The summed E-state index contributed by atoms with van der Waals surface area (Å²) >= 11 is 1.30. The van der Waals surface area contributed by atoms with Crippen LogP contribution in [0.15, 0.2) is 71.7 Å². The lowest BCUT2D eigenvalue weighted by atomic mass is 10.0. The SMILES string of the molecule is CC(=O)c1sc(Cn2nc(-c3c(-c4ccccc4)nn4ccccc34)ccc2=O)nc1C. The maximum Gasteiger partial charge on any atom is 0.267 e. The fourth-order valence-electron chi connectivity index (χ4n) is 3.72. The van der Waals surface area contributed by atoms with Crippen molar-refractivity contribution in [3.8, 4) is 22.5 Å². The minimum absolute atomic E-state index is 0.0286. The summed E-state index contributed by atoms with van der Waals surface area (Å²) in [5, 5.41) is 10.1. The van der Waals surface area contributed by atoms with Crippen molar-refractivity contribution in [1.29, 1.82) is 0 Å². The molecule has 0 saturated heterocycles. The van der Waals surface area contributed by atoms with E-state index >= 15 is 0 Å². The number of aryl methyl sites for hydroxylation is 1. The number of Topliss-reactive ketones (excluding diaryl/α,β-unsaturated/α-hetero) is 1. The number of pyridine rings is 1. The summed E-state index contributed by atoms with van der Waals surface area (Å²) in [4.78, 5) is 29.4. The van der Waals surface area contributed by atoms with E-state index in [2.05, 4.69) is 10.1 Å². The molecule has 4 heterocycles. The minimum Gasteiger partial charge on any atom is -0.294 e. The van der Waals surface area contributed by atoms with Crippen LogP contribution in [-0.2, 0) is 6.54 Å². The zero-order valence-electron chi connectivity index (χ0n) is 17.5. The molecule has 0 fully saturated rings. The molecule has 0 atom stereocenters. The lowest BCUT2D eigenvalue weighted by Gasteiger charge is -2.07. The second-order valence-corrected chi connectivity index (χ2v) is 8.50. The summed E-state index contributed by atoms with van der Waals surface area (Å²) in [6, 6.07) is 19.0. The van der Waals surface area contributed by atoms with Crippen LogP contribution in [0.1, 0.15) is 27.3 Å². The summed E-state index contributed by atoms with van der Waals surface area (Å²) < 4.78 is 3.21. The van der Waals surface area contributed by atoms with Gasteiger partial charge in [0, 0.05) is 24.8 Å². The second kappa shape index (κ2) is 7.97. The van der Waals surface area contributed by atoms with Gasteiger partial charge >= 0.3 is 0 Å². The highest BCUT2D eigenvalue weighted by Gasteiger charge is 2.19. The van der Waals surface area contributed by atoms with E-state index in [0.29, 0.717) is 21.3 Å². The molecule has 0 unspecified atom stereocenters. The van der Waals surface area contributed by atoms with Gasteiger partial charge in [0.25, 0.3) is 5.56 Å². The number of fused-ring (bicyclic) bond motifs is 1. The van der Waals surface area contributed by atoms with Gasteiger partial charge in [0.15, 0.2) is 5.78 Å². The van der Waals surface area contributed by atoms with Gasteiger partial charge in [-0.05, 0) is 25.1 Å². The average molecular weight is 442 g/mol. The van der Waals surface area contributed by atoms with Gasteiger partial charge in [-0.2, -0.15) is 10.2 Å². The van der Waals surface area contributed by atoms with E-state index in [1.807, 2.05) is 59.2 Å². The van der Waals surface area contributed by atoms with Crippen LogP contribution < -0.4 is 5.56 Å². The number of hydrogen-bond acceptors (Lipinski definition) is 6. The largest absolute Gasteiger partial charge is 0.294 e. The number of aromatic nitrogens is 5. The first-order valence-corrected chi connectivity index (χ1v) is 10.9. The lowest BCUT2D eigenvalue weighted by Crippen LogP contribution is -2.22. The van der Waals surface area contributed by atoms with Gasteiger partial charge in [0.2, 0.25) is 0 Å². The van der Waals surface area contributed by atoms with Crippen molar-refractivity contribution in [1.82, 2.24) is 24.4 Å². The molecule has 0 aliphatic carbocycles. The number of ketones is 1. The summed E-state index contributed by atoms with van der Waals surface area (Å²) in [6.07, 6.45) is 1.89. The Morgan fingerprint density at radius 2 is 1.78 bits per heavy atom. The Morgan fingerprint density at radius 3 is 2.53 bits per heavy atom. The number of benzene rings is 1. The van der Waals surface area contributed by atoms with E-state index < -0.39 is 0 Å². The molecule has 0 spiro atoms. The van der Waals surface area contributed by atoms with Crippen LogP contribution in [0.2, 0.25) is 0 Å². The summed E-state index contributed by atoms with van der Waals surface area (Å²) in [7, 11) is 0. The number of carbonyl (C=O) groups is 1. The molecule has 0 saturated carbocycles. The number of rotatable bonds is 5. The molecule has 0 N–H and O–H groups in total. The van der Waals surface area contributed by atoms with E-state index in [1.165, 1.54) is 29.0 Å². The molecule has 0 aliphatic rings. The first kappa shape index (κ1) is 20.0. The summed E-state index contributed by atoms with van der Waals surface area (Å²) in [6.45, 7) is 3.52. The van der Waals surface area contributed by atoms with Crippen LogP contribution in [-0.4, -0.2) is 30.2 Å². The Bertz CT molecular complexity index is 1510. The Hall–Kier alpha value is -3.91. The van der Waals surface area contributed by atoms with E-state index in [4.69, 9.17) is 5.10 Å². The van der Waals surface area contributed by atoms with Gasteiger partial charge in [-0.1, -0.05) is 36.4 Å². The van der Waals surface area contributed by atoms with Crippen molar-refractivity contribution in [2.45, 2.75) is 20.4 Å². The number of thiazole rings is 1. The fourth-order valence-corrected chi connectivity index (χ4v) is 4.66. The average Bonchev–Trinajstić information content (AvgIpc) is 3.36. The van der Waals surface area contributed by atoms with Crippen LogP contribution in [0.4, 0.5) is 0 Å². The van der Waals surface area contributed by atoms with Crippen molar-refractivity contribution in [2.75, 3.05) is 0 Å². The minimum atomic E-state index is -0.233. The van der Waals surface area contributed by atoms with Crippen LogP contribution in [0.25, 0.3) is 28.0 Å². The molecule has 0 amide bonds. The fraction of sp³-hybridized carbons (Fsp3) is 0.125. The monoisotopic (exact) mass is 441 g/mol. The Balaban J connectivity index is 1.65. The molecule has 0 radical (unpaired) electrons. The lowest BCUT2D eigenvalue weighted by molar-refractivity contribution is 0.102. The van der Waals surface area contributed by atoms with E-state index in [0.717, 1.165) is 22.3 Å². The van der Waals surface area contributed by atoms with Gasteiger partial charge in [-0.3, -0.25) is 9.59 Å². The normalized spacial score (nSPS) is 11.2. The predicted molar refractivity (Wildman–Crippen MR) is 124 cm³/mol. The quantitative estimate of drug-likeness (QED) is 0.381. The molecule has 8 heteroatoms. The zero-order chi connectivity index (χ0) is 22.2. The molecular weight excluding hydrogens is 422 g/mol. The third-order valence-corrected chi connectivity index (χ3v) is 6.40. The molecule has 1 aromatic carbocycles. The first-order valence-electron chi connectivity index (χ1n) is 10.1. The molecule has 0 aliphatic heterocycles. The predicted octanol–water partition coefficient (Wildman–Crippen LogP) is 4.24. The maximum atomic E-state index is 12.6. The van der Waals surface area contributed by atoms with Gasteiger partial charge in [-0.25, -0.2) is 14.2 Å². The van der Waals surface area contributed by atoms with Gasteiger partial charge < -0.3 is 0 Å². The molecule has 0 bridgehead atoms. The van der Waals surface area contributed by atoms with Crippen LogP contribution in [0, 0.1) is 6.92 Å². The van der Waals surface area contributed by atoms with Gasteiger partial charge in [-0.15, -0.1) is 11.3 Å². The maximum absolute atomic E-state index is 12.6. The molecule has 32 heavy (non-hydrogen) atoms. The van der Waals surface area contributed by atoms with Gasteiger partial charge in [0.1, 0.15) is 10.7 Å². The summed E-state index contributed by atoms with van der Waals surface area (Å²) in [5.41, 5.74) is 4.59. The molecule has 5 aromatic rings. The zero-order valence-corrected chi connectivity index (χ0v) is 18.3. The second-order valence-electron chi connectivity index (χ2n) is 7.41. The third-order valence-electron chi connectivity index (χ3n) is 5.16. The molecular formula is C24H19N5O2S. The first-order chi connectivity index (χ1) is 15.5. The number of nitrogens with zero attached hydrogens (tertiary/aromatic N) is 5. The topological polar surface area (TPSA) is 82.1 Å². The van der Waals surface area contributed by atoms with Crippen molar-refractivity contribution < 1.29 is 4.79 Å². The number of carbonyl (C=O) groups excluding carboxylic acids is 1. The van der Waals surface area contributed by atoms with Crippen LogP contribution >= 0.6 is 11.3 Å². The summed E-state index contributed by atoms with van der Waals surface area (Å²) in [5.74, 6) is -0.0286. The van der Waals surface area contributed by atoms with E-state index in [-0.39, 0.29) is 17.9 Å². The van der Waals surface area contributed by atoms with Crippen LogP contribution in [0.5, 0.6) is 0 Å². The van der Waals surface area contributed by atoms with Crippen molar-refractivity contribution >= 4 is 22.6 Å². The van der Waals surface area contributed by atoms with E-state index in [1.54, 1.807) is 13.0 Å². The van der Waals surface area contributed by atoms with Crippen molar-refractivity contribution in [3.63, 3.8) is 0 Å². The molecule has 158 valence electrons. The standard InChI is InChI=1S/C24H19N5O2S/c1-15-24(16(2)30)32-20(25-15)14-29-21(31)12-11-18(26-29)22-19-10-6-7-13-28(19)27-23(22)17-8-4-3-5-9-17/h3-13H,14H2,1-2H3. The van der Waals surface area contributed by atoms with Gasteiger partial charge in [0.05, 0.1) is 33.9 Å². The van der Waals surface area contributed by atoms with Crippen molar-refractivity contribution in [3.05, 3.63) is 92.8 Å². The molecule has 7 nitrogen and oxygen atoms in total. The molecule has 5 rings (SSSR count). The number of hydrogen-bond donors (Lipinski definition) is 0. The highest BCUT2D eigenvalue weighted by Crippen LogP contribution is 2.33. The van der Waals surface area contributed by atoms with E-state index in [9.17, 15) is 9.59 Å². The van der Waals surface area contributed by atoms with Crippen molar-refractivity contribution in [2.24, 2.45) is 0 Å². The molecule has 4 aromatic heterocycles. The highest BCUT2D eigenvalue weighted by atomic mass is 32.1. The Morgan fingerprint density at radius 1 is 1.00 bits per heavy atom. The van der Waals surface area contributed by atoms with Crippen LogP contribution in [0.3, 0.4) is 0 Å². The smallest absolute Gasteiger partial charge is 0.267 e. The third kappa shape index (κ3) is 3.54. The Kier molecular flexibility index (Phi) is 4.99. The Labute approximate surface area is 187 Å².